The molecule has 0 saturated heterocycles. The fourth-order valence-electron chi connectivity index (χ4n) is 0.270. The first-order chi connectivity index (χ1) is 3.80. The van der Waals surface area contributed by atoms with Gasteiger partial charge in [0.05, 0.1) is 0 Å². The summed E-state index contributed by atoms with van der Waals surface area (Å²) in [6, 6.07) is 1.18. The lowest BCUT2D eigenvalue weighted by Crippen LogP contribution is -2.19. The molecule has 0 N–H and O–H groups in total. The summed E-state index contributed by atoms with van der Waals surface area (Å²) in [5.41, 5.74) is -1.39. The lowest BCUT2D eigenvalue weighted by Gasteiger charge is -1.70. The van der Waals surface area contributed by atoms with Crippen molar-refractivity contribution in [3.63, 3.8) is 0 Å². The Morgan fingerprint density at radius 3 is 2.62 bits per heavy atom. The molecule has 0 fully saturated rings. The van der Waals surface area contributed by atoms with Gasteiger partial charge < -0.3 is 3.85 Å². The molecular weight excluding hydrogens is 128 g/mol. The fraction of sp³-hybridized carbons (Fsp3) is 0. The molecule has 0 aliphatic heterocycles. The fourth-order valence-corrected chi connectivity index (χ4v) is 0.674. The zero-order valence-corrected chi connectivity index (χ0v) is 4.60. The van der Waals surface area contributed by atoms with Gasteiger partial charge in [0.15, 0.2) is 0 Å². The van der Waals surface area contributed by atoms with Gasteiger partial charge in [0.1, 0.15) is 0 Å². The summed E-state index contributed by atoms with van der Waals surface area (Å²) in [6.07, 6.45) is 0. The van der Waals surface area contributed by atoms with Crippen molar-refractivity contribution in [1.82, 2.24) is 0 Å². The molecule has 0 amide bonds. The van der Waals surface area contributed by atoms with Crippen LogP contribution in [0.15, 0.2) is 24.9 Å². The minimum Gasteiger partial charge on any atom is -0.359 e. The Bertz CT molecular complexity index is 242. The Morgan fingerprint density at radius 2 is 2.25 bits per heavy atom. The van der Waals surface area contributed by atoms with Crippen molar-refractivity contribution in [2.45, 2.75) is 0 Å². The first kappa shape index (κ1) is 5.24. The zero-order chi connectivity index (χ0) is 5.98. The Kier molecular flexibility index (Phi) is 1.26. The van der Waals surface area contributed by atoms with Gasteiger partial charge >= 0.3 is 5.63 Å². The van der Waals surface area contributed by atoms with Crippen LogP contribution < -0.4 is 11.1 Å². The monoisotopic (exact) mass is 130 g/mol. The Hall–Kier alpha value is -0.900. The molecule has 1 heterocycles. The van der Waals surface area contributed by atoms with Crippen LogP contribution in [0.25, 0.3) is 0 Å². The third-order valence-corrected chi connectivity index (χ3v) is 1.09. The van der Waals surface area contributed by atoms with E-state index in [4.69, 9.17) is 0 Å². The highest BCUT2D eigenvalue weighted by atomic mass is 32.1. The SMILES string of the molecule is O=c1ccsoc1=O. The topological polar surface area (TPSA) is 47.3 Å². The summed E-state index contributed by atoms with van der Waals surface area (Å²) in [4.78, 5) is 20.4. The van der Waals surface area contributed by atoms with Gasteiger partial charge in [-0.2, -0.15) is 0 Å². The van der Waals surface area contributed by atoms with Gasteiger partial charge in [0, 0.05) is 23.1 Å². The van der Waals surface area contributed by atoms with Gasteiger partial charge in [-0.15, -0.1) is 0 Å². The van der Waals surface area contributed by atoms with E-state index in [-0.39, 0.29) is 0 Å². The van der Waals surface area contributed by atoms with Crippen LogP contribution in [-0.2, 0) is 0 Å². The van der Waals surface area contributed by atoms with Gasteiger partial charge in [0.2, 0.25) is 0 Å². The molecule has 0 radical (unpaired) electrons. The molecule has 0 unspecified atom stereocenters. The highest BCUT2D eigenvalue weighted by Gasteiger charge is 1.87. The second kappa shape index (κ2) is 1.92. The van der Waals surface area contributed by atoms with E-state index >= 15 is 0 Å². The van der Waals surface area contributed by atoms with E-state index < -0.39 is 11.1 Å². The molecule has 0 bridgehead atoms. The van der Waals surface area contributed by atoms with E-state index in [1.807, 2.05) is 0 Å². The molecule has 4 heteroatoms. The van der Waals surface area contributed by atoms with Crippen LogP contribution >= 0.6 is 11.6 Å². The van der Waals surface area contributed by atoms with Gasteiger partial charge in [-0.25, -0.2) is 4.79 Å². The smallest absolute Gasteiger partial charge is 0.359 e. The maximum absolute atomic E-state index is 10.2. The first-order valence-corrected chi connectivity index (χ1v) is 2.69. The molecule has 1 aromatic heterocycles. The van der Waals surface area contributed by atoms with E-state index in [0.29, 0.717) is 0 Å². The van der Waals surface area contributed by atoms with Crippen LogP contribution in [0.4, 0.5) is 0 Å². The van der Waals surface area contributed by atoms with E-state index in [1.165, 1.54) is 11.4 Å². The van der Waals surface area contributed by atoms with Gasteiger partial charge in [-0.3, -0.25) is 4.79 Å². The zero-order valence-electron chi connectivity index (χ0n) is 3.79. The molecule has 1 rings (SSSR count). The molecule has 0 atom stereocenters. The second-order valence-corrected chi connectivity index (χ2v) is 1.77. The molecule has 0 aliphatic rings. The summed E-state index contributed by atoms with van der Waals surface area (Å²) in [7, 11) is 0. The quantitative estimate of drug-likeness (QED) is 0.466. The van der Waals surface area contributed by atoms with Crippen molar-refractivity contribution in [2.75, 3.05) is 0 Å². The number of hydrogen-bond donors (Lipinski definition) is 0. The second-order valence-electron chi connectivity index (χ2n) is 1.13. The first-order valence-electron chi connectivity index (χ1n) is 1.89. The maximum atomic E-state index is 10.2. The molecule has 0 spiro atoms. The normalized spacial score (nSPS) is 9.00. The van der Waals surface area contributed by atoms with Crippen molar-refractivity contribution >= 4 is 11.6 Å². The molecule has 0 aromatic carbocycles. The van der Waals surface area contributed by atoms with Crippen molar-refractivity contribution in [2.24, 2.45) is 0 Å². The van der Waals surface area contributed by atoms with E-state index in [2.05, 4.69) is 3.85 Å². The third kappa shape index (κ3) is 0.840. The van der Waals surface area contributed by atoms with Crippen LogP contribution in [0.5, 0.6) is 0 Å². The molecule has 0 saturated carbocycles. The van der Waals surface area contributed by atoms with Crippen molar-refractivity contribution in [3.05, 3.63) is 32.1 Å². The molecule has 1 aromatic rings. The number of rotatable bonds is 0. The lowest BCUT2D eigenvalue weighted by molar-refractivity contribution is 0.626. The van der Waals surface area contributed by atoms with Crippen molar-refractivity contribution < 1.29 is 3.85 Å². The molecule has 42 valence electrons. The Labute approximate surface area is 48.4 Å². The Balaban J connectivity index is 3.59. The van der Waals surface area contributed by atoms with Gasteiger partial charge in [-0.1, -0.05) is 0 Å². The van der Waals surface area contributed by atoms with E-state index in [1.54, 1.807) is 0 Å². The van der Waals surface area contributed by atoms with Crippen LogP contribution in [0.1, 0.15) is 0 Å². The maximum Gasteiger partial charge on any atom is 0.395 e. The predicted molar refractivity (Wildman–Crippen MR) is 29.1 cm³/mol. The summed E-state index contributed by atoms with van der Waals surface area (Å²) in [5, 5.41) is 1.42. The molecule has 0 aliphatic carbocycles. The van der Waals surface area contributed by atoms with Crippen molar-refractivity contribution in [1.29, 1.82) is 0 Å². The minimum atomic E-state index is -0.794. The molecule has 8 heavy (non-hydrogen) atoms. The van der Waals surface area contributed by atoms with Crippen LogP contribution in [0.2, 0.25) is 0 Å². The Morgan fingerprint density at radius 1 is 1.50 bits per heavy atom. The highest BCUT2D eigenvalue weighted by molar-refractivity contribution is 7.00. The predicted octanol–water partition coefficient (Wildman–Crippen LogP) is 0.0615. The average molecular weight is 130 g/mol. The molecule has 3 nitrogen and oxygen atoms in total. The standard InChI is InChI=1S/C4H2O3S/c5-3-1-2-8-7-4(3)6/h1-2H. The summed E-state index contributed by atoms with van der Waals surface area (Å²) in [5.74, 6) is 0. The van der Waals surface area contributed by atoms with E-state index in [9.17, 15) is 9.59 Å². The molecular formula is C4H2O3S. The summed E-state index contributed by atoms with van der Waals surface area (Å²) < 4.78 is 4.23. The van der Waals surface area contributed by atoms with Crippen LogP contribution in [0.3, 0.4) is 0 Å². The van der Waals surface area contributed by atoms with Crippen LogP contribution in [0, 0.1) is 0 Å². The largest absolute Gasteiger partial charge is 0.395 e. The van der Waals surface area contributed by atoms with Gasteiger partial charge in [0.25, 0.3) is 5.43 Å². The van der Waals surface area contributed by atoms with E-state index in [0.717, 1.165) is 11.6 Å². The lowest BCUT2D eigenvalue weighted by atomic mass is 10.6. The highest BCUT2D eigenvalue weighted by Crippen LogP contribution is 1.80. The summed E-state index contributed by atoms with van der Waals surface area (Å²) in [6.45, 7) is 0. The average Bonchev–Trinajstić information content (AvgIpc) is 1.77. The minimum absolute atomic E-state index is 0.594. The summed E-state index contributed by atoms with van der Waals surface area (Å²) >= 11 is 0.856. The number of hydrogen-bond acceptors (Lipinski definition) is 4. The van der Waals surface area contributed by atoms with Crippen molar-refractivity contribution in [3.8, 4) is 0 Å². The third-order valence-electron chi connectivity index (χ3n) is 0.600. The van der Waals surface area contributed by atoms with Crippen LogP contribution in [-0.4, -0.2) is 0 Å². The van der Waals surface area contributed by atoms with Gasteiger partial charge in [-0.05, 0) is 0 Å².